The summed E-state index contributed by atoms with van der Waals surface area (Å²) >= 11 is 0. The van der Waals surface area contributed by atoms with E-state index in [9.17, 15) is 14.4 Å². The average Bonchev–Trinajstić information content (AvgIpc) is 2.72. The lowest BCUT2D eigenvalue weighted by Gasteiger charge is -2.26. The van der Waals surface area contributed by atoms with E-state index in [2.05, 4.69) is 5.32 Å². The molecule has 3 rings (SSSR count). The molecule has 1 aliphatic rings. The van der Waals surface area contributed by atoms with E-state index in [0.717, 1.165) is 4.90 Å². The van der Waals surface area contributed by atoms with Crippen molar-refractivity contribution in [1.82, 2.24) is 5.32 Å². The number of benzene rings is 2. The first-order chi connectivity index (χ1) is 14.0. The lowest BCUT2D eigenvalue weighted by molar-refractivity contribution is -0.122. The molecule has 2 aromatic carbocycles. The van der Waals surface area contributed by atoms with E-state index in [1.807, 2.05) is 6.92 Å². The third-order valence-electron chi connectivity index (χ3n) is 4.23. The van der Waals surface area contributed by atoms with Gasteiger partial charge in [0, 0.05) is 0 Å². The lowest BCUT2D eigenvalue weighted by atomic mass is 10.1. The number of rotatable bonds is 6. The number of hydrogen-bond acceptors (Lipinski definition) is 6. The summed E-state index contributed by atoms with van der Waals surface area (Å²) in [5.74, 6) is 0.0816. The highest BCUT2D eigenvalue weighted by Crippen LogP contribution is 2.29. The van der Waals surface area contributed by atoms with Crippen LogP contribution in [0, 0.1) is 0 Å². The monoisotopic (exact) mass is 396 g/mol. The van der Waals surface area contributed by atoms with Gasteiger partial charge in [-0.1, -0.05) is 6.07 Å². The van der Waals surface area contributed by atoms with Gasteiger partial charge in [0.2, 0.25) is 0 Å². The van der Waals surface area contributed by atoms with E-state index >= 15 is 0 Å². The van der Waals surface area contributed by atoms with Gasteiger partial charge in [-0.3, -0.25) is 14.9 Å². The van der Waals surface area contributed by atoms with E-state index in [-0.39, 0.29) is 5.57 Å². The normalized spacial score (nSPS) is 15.3. The molecule has 0 unspecified atom stereocenters. The fourth-order valence-electron chi connectivity index (χ4n) is 2.86. The Bertz CT molecular complexity index is 981. The summed E-state index contributed by atoms with van der Waals surface area (Å²) in [6.45, 7) is 2.35. The third kappa shape index (κ3) is 4.06. The number of carbonyl (C=O) groups is 3. The number of barbiturate groups is 1. The summed E-state index contributed by atoms with van der Waals surface area (Å²) in [6, 6.07) is 10.6. The fourth-order valence-corrected chi connectivity index (χ4v) is 2.86. The predicted octanol–water partition coefficient (Wildman–Crippen LogP) is 2.77. The maximum atomic E-state index is 12.9. The quantitative estimate of drug-likeness (QED) is 0.596. The van der Waals surface area contributed by atoms with E-state index in [4.69, 9.17) is 14.2 Å². The minimum atomic E-state index is -0.811. The molecule has 0 saturated carbocycles. The molecule has 1 saturated heterocycles. The van der Waals surface area contributed by atoms with Gasteiger partial charge in [0.1, 0.15) is 11.3 Å². The Morgan fingerprint density at radius 1 is 0.966 bits per heavy atom. The molecule has 8 heteroatoms. The van der Waals surface area contributed by atoms with E-state index in [1.54, 1.807) is 42.5 Å². The summed E-state index contributed by atoms with van der Waals surface area (Å²) in [5, 5.41) is 2.19. The van der Waals surface area contributed by atoms with Gasteiger partial charge in [0.25, 0.3) is 11.8 Å². The van der Waals surface area contributed by atoms with Crippen LogP contribution in [0.3, 0.4) is 0 Å². The van der Waals surface area contributed by atoms with E-state index < -0.39 is 17.8 Å². The SMILES string of the molecule is CCOc1ccc(N2C(=O)NC(=O)/C(=C/c3ccc(OC)c(OC)c3)C2=O)cc1. The third-order valence-corrected chi connectivity index (χ3v) is 4.23. The summed E-state index contributed by atoms with van der Waals surface area (Å²) in [7, 11) is 2.99. The fraction of sp³-hybridized carbons (Fsp3) is 0.190. The van der Waals surface area contributed by atoms with Crippen LogP contribution in [0.25, 0.3) is 6.08 Å². The zero-order valence-corrected chi connectivity index (χ0v) is 16.2. The largest absolute Gasteiger partial charge is 0.494 e. The van der Waals surface area contributed by atoms with Crippen LogP contribution in [-0.4, -0.2) is 38.7 Å². The van der Waals surface area contributed by atoms with E-state index in [1.165, 1.54) is 20.3 Å². The number of methoxy groups -OCH3 is 2. The molecular weight excluding hydrogens is 376 g/mol. The number of nitrogens with zero attached hydrogens (tertiary/aromatic N) is 1. The summed E-state index contributed by atoms with van der Waals surface area (Å²) in [6.07, 6.45) is 1.40. The van der Waals surface area contributed by atoms with Crippen molar-refractivity contribution in [2.45, 2.75) is 6.92 Å². The number of hydrogen-bond donors (Lipinski definition) is 1. The van der Waals surface area contributed by atoms with Crippen molar-refractivity contribution in [2.75, 3.05) is 25.7 Å². The molecule has 1 heterocycles. The minimum absolute atomic E-state index is 0.175. The van der Waals surface area contributed by atoms with Crippen LogP contribution >= 0.6 is 0 Å². The first-order valence-corrected chi connectivity index (χ1v) is 8.84. The highest BCUT2D eigenvalue weighted by atomic mass is 16.5. The van der Waals surface area contributed by atoms with Crippen molar-refractivity contribution < 1.29 is 28.6 Å². The van der Waals surface area contributed by atoms with Gasteiger partial charge in [-0.25, -0.2) is 9.69 Å². The van der Waals surface area contributed by atoms with Gasteiger partial charge in [-0.05, 0) is 55.0 Å². The minimum Gasteiger partial charge on any atom is -0.494 e. The second kappa shape index (κ2) is 8.47. The van der Waals surface area contributed by atoms with Crippen LogP contribution in [0.1, 0.15) is 12.5 Å². The Balaban J connectivity index is 1.95. The number of amides is 4. The van der Waals surface area contributed by atoms with Crippen molar-refractivity contribution in [1.29, 1.82) is 0 Å². The van der Waals surface area contributed by atoms with Crippen LogP contribution in [-0.2, 0) is 9.59 Å². The number of nitrogens with one attached hydrogen (secondary N) is 1. The van der Waals surface area contributed by atoms with Gasteiger partial charge >= 0.3 is 6.03 Å². The molecule has 1 N–H and O–H groups in total. The van der Waals surface area contributed by atoms with Crippen molar-refractivity contribution in [2.24, 2.45) is 0 Å². The molecular formula is C21H20N2O6. The van der Waals surface area contributed by atoms with Crippen LogP contribution in [0.2, 0.25) is 0 Å². The Kier molecular flexibility index (Phi) is 5.82. The first-order valence-electron chi connectivity index (χ1n) is 8.84. The molecule has 29 heavy (non-hydrogen) atoms. The number of imide groups is 2. The molecule has 0 spiro atoms. The Labute approximate surface area is 167 Å². The average molecular weight is 396 g/mol. The molecule has 0 aromatic heterocycles. The predicted molar refractivity (Wildman–Crippen MR) is 106 cm³/mol. The summed E-state index contributed by atoms with van der Waals surface area (Å²) in [5.41, 5.74) is 0.689. The summed E-state index contributed by atoms with van der Waals surface area (Å²) < 4.78 is 15.8. The van der Waals surface area contributed by atoms with Crippen LogP contribution in [0.15, 0.2) is 48.0 Å². The molecule has 0 atom stereocenters. The smallest absolute Gasteiger partial charge is 0.335 e. The molecule has 0 aliphatic carbocycles. The molecule has 150 valence electrons. The van der Waals surface area contributed by atoms with Gasteiger partial charge in [-0.15, -0.1) is 0 Å². The number of ether oxygens (including phenoxy) is 3. The van der Waals surface area contributed by atoms with Gasteiger partial charge in [-0.2, -0.15) is 0 Å². The highest BCUT2D eigenvalue weighted by molar-refractivity contribution is 6.39. The molecule has 2 aromatic rings. The van der Waals surface area contributed by atoms with Gasteiger partial charge < -0.3 is 14.2 Å². The zero-order valence-electron chi connectivity index (χ0n) is 16.2. The molecule has 4 amide bonds. The van der Waals surface area contributed by atoms with Crippen molar-refractivity contribution in [3.63, 3.8) is 0 Å². The highest BCUT2D eigenvalue weighted by Gasteiger charge is 2.36. The molecule has 8 nitrogen and oxygen atoms in total. The molecule has 0 radical (unpaired) electrons. The number of carbonyl (C=O) groups excluding carboxylic acids is 3. The summed E-state index contributed by atoms with van der Waals surface area (Å²) in [4.78, 5) is 38.4. The maximum absolute atomic E-state index is 12.9. The second-order valence-electron chi connectivity index (χ2n) is 6.00. The van der Waals surface area contributed by atoms with Crippen LogP contribution in [0.4, 0.5) is 10.5 Å². The molecule has 1 fully saturated rings. The lowest BCUT2D eigenvalue weighted by Crippen LogP contribution is -2.54. The van der Waals surface area contributed by atoms with Gasteiger partial charge in [0.15, 0.2) is 11.5 Å². The van der Waals surface area contributed by atoms with Gasteiger partial charge in [0.05, 0.1) is 26.5 Å². The standard InChI is InChI=1S/C21H20N2O6/c1-4-29-15-8-6-14(7-9-15)23-20(25)16(19(24)22-21(23)26)11-13-5-10-17(27-2)18(12-13)28-3/h5-12H,4H2,1-3H3,(H,22,24,26)/b16-11-. The molecule has 1 aliphatic heterocycles. The number of urea groups is 1. The first kappa shape index (κ1) is 19.9. The Morgan fingerprint density at radius 2 is 1.66 bits per heavy atom. The van der Waals surface area contributed by atoms with E-state index in [0.29, 0.717) is 35.1 Å². The maximum Gasteiger partial charge on any atom is 0.335 e. The van der Waals surface area contributed by atoms with Crippen molar-refractivity contribution >= 4 is 29.6 Å². The van der Waals surface area contributed by atoms with Crippen molar-refractivity contribution in [3.05, 3.63) is 53.6 Å². The Morgan fingerprint density at radius 3 is 2.28 bits per heavy atom. The topological polar surface area (TPSA) is 94.2 Å². The molecule has 0 bridgehead atoms. The number of anilines is 1. The zero-order chi connectivity index (χ0) is 21.0. The van der Waals surface area contributed by atoms with Crippen molar-refractivity contribution in [3.8, 4) is 17.2 Å². The Hall–Kier alpha value is -3.81. The second-order valence-corrected chi connectivity index (χ2v) is 6.00. The van der Waals surface area contributed by atoms with Crippen LogP contribution < -0.4 is 24.4 Å². The van der Waals surface area contributed by atoms with Crippen LogP contribution in [0.5, 0.6) is 17.2 Å².